The van der Waals surface area contributed by atoms with Gasteiger partial charge in [0, 0.05) is 23.1 Å². The molecule has 2 heterocycles. The van der Waals surface area contributed by atoms with Gasteiger partial charge in [-0.25, -0.2) is 0 Å². The molecule has 2 bridgehead atoms. The molecule has 4 heteroatoms. The molecule has 0 N–H and O–H groups in total. The second kappa shape index (κ2) is 6.38. The van der Waals surface area contributed by atoms with Gasteiger partial charge in [-0.3, -0.25) is 14.4 Å². The molecular formula is C28H23NO3. The van der Waals surface area contributed by atoms with Crippen molar-refractivity contribution in [3.05, 3.63) is 84.0 Å². The van der Waals surface area contributed by atoms with Crippen molar-refractivity contribution in [2.45, 2.75) is 18.5 Å². The molecule has 3 aliphatic carbocycles. The third kappa shape index (κ3) is 2.20. The Morgan fingerprint density at radius 2 is 1.41 bits per heavy atom. The summed E-state index contributed by atoms with van der Waals surface area (Å²) < 4.78 is 0. The Morgan fingerprint density at radius 1 is 0.750 bits per heavy atom. The van der Waals surface area contributed by atoms with Gasteiger partial charge in [0.2, 0.25) is 0 Å². The lowest BCUT2D eigenvalue weighted by molar-refractivity contribution is -0.146. The van der Waals surface area contributed by atoms with Crippen LogP contribution in [0.15, 0.2) is 72.8 Å². The monoisotopic (exact) mass is 421 g/mol. The summed E-state index contributed by atoms with van der Waals surface area (Å²) in [5, 5.41) is 0. The molecule has 0 aromatic heterocycles. The zero-order valence-electron chi connectivity index (χ0n) is 17.5. The summed E-state index contributed by atoms with van der Waals surface area (Å²) in [4.78, 5) is 44.0. The summed E-state index contributed by atoms with van der Waals surface area (Å²) in [6, 6.07) is 16.3. The van der Waals surface area contributed by atoms with E-state index in [1.165, 1.54) is 0 Å². The van der Waals surface area contributed by atoms with Crippen molar-refractivity contribution >= 4 is 29.1 Å². The van der Waals surface area contributed by atoms with E-state index in [1.54, 1.807) is 0 Å². The maximum absolute atomic E-state index is 14.0. The quantitative estimate of drug-likeness (QED) is 0.544. The first kappa shape index (κ1) is 18.3. The third-order valence-corrected chi connectivity index (χ3v) is 8.50. The first-order chi connectivity index (χ1) is 15.6. The van der Waals surface area contributed by atoms with Gasteiger partial charge in [-0.1, -0.05) is 72.8 Å². The molecule has 0 unspecified atom stereocenters. The molecule has 2 aliphatic heterocycles. The topological polar surface area (TPSA) is 54.5 Å². The molecule has 5 aliphatic rings. The van der Waals surface area contributed by atoms with E-state index in [2.05, 4.69) is 17.1 Å². The largest absolute Gasteiger partial charge is 0.353 e. The highest BCUT2D eigenvalue weighted by molar-refractivity contribution is 6.11. The number of carbonyl (C=O) groups is 3. The number of ketones is 3. The SMILES string of the molecule is O=C1[C@@H]2[C@H](C(=O)[C@H]3[C@@H]1[C@H](C(=O)c1ccccc1)N1c4ccccc4C=C[C@H]31)[C@H]1C=C[C@H]2C1. The number of benzene rings is 2. The fourth-order valence-electron chi connectivity index (χ4n) is 7.31. The molecule has 2 aromatic carbocycles. The van der Waals surface area contributed by atoms with Gasteiger partial charge in [0.1, 0.15) is 17.6 Å². The number of Topliss-reactive ketones (excluding diaryl/α,β-unsaturated/α-hetero) is 3. The highest BCUT2D eigenvalue weighted by atomic mass is 16.2. The van der Waals surface area contributed by atoms with Crippen molar-refractivity contribution in [1.82, 2.24) is 0 Å². The number of hydrogen-bond donors (Lipinski definition) is 0. The van der Waals surface area contributed by atoms with Gasteiger partial charge in [0.15, 0.2) is 5.78 Å². The fraction of sp³-hybridized carbons (Fsp3) is 0.321. The number of fused-ring (bicyclic) bond motifs is 10. The number of anilines is 1. The summed E-state index contributed by atoms with van der Waals surface area (Å²) in [7, 11) is 0. The molecule has 2 saturated carbocycles. The van der Waals surface area contributed by atoms with E-state index < -0.39 is 17.9 Å². The van der Waals surface area contributed by atoms with E-state index in [1.807, 2.05) is 66.7 Å². The van der Waals surface area contributed by atoms with Crippen LogP contribution in [0.2, 0.25) is 0 Å². The lowest BCUT2D eigenvalue weighted by Crippen LogP contribution is -2.52. The summed E-state index contributed by atoms with van der Waals surface area (Å²) in [5.41, 5.74) is 2.56. The van der Waals surface area contributed by atoms with Crippen LogP contribution in [0.25, 0.3) is 6.08 Å². The highest BCUT2D eigenvalue weighted by Gasteiger charge is 2.67. The predicted octanol–water partition coefficient (Wildman–Crippen LogP) is 3.98. The first-order valence-electron chi connectivity index (χ1n) is 11.6. The molecule has 2 aromatic rings. The molecule has 3 fully saturated rings. The second-order valence-corrected chi connectivity index (χ2v) is 9.85. The normalized spacial score (nSPS) is 37.8. The molecule has 4 nitrogen and oxygen atoms in total. The minimum absolute atomic E-state index is 0.0634. The lowest BCUT2D eigenvalue weighted by atomic mass is 9.61. The first-order valence-corrected chi connectivity index (χ1v) is 11.6. The lowest BCUT2D eigenvalue weighted by Gasteiger charge is -2.38. The van der Waals surface area contributed by atoms with Crippen LogP contribution in [0.5, 0.6) is 0 Å². The molecule has 0 amide bonds. The van der Waals surface area contributed by atoms with Crippen LogP contribution in [-0.4, -0.2) is 29.4 Å². The predicted molar refractivity (Wildman–Crippen MR) is 121 cm³/mol. The Hall–Kier alpha value is -3.27. The average molecular weight is 421 g/mol. The Balaban J connectivity index is 1.41. The molecule has 0 spiro atoms. The third-order valence-electron chi connectivity index (χ3n) is 8.50. The molecule has 32 heavy (non-hydrogen) atoms. The van der Waals surface area contributed by atoms with E-state index >= 15 is 0 Å². The summed E-state index contributed by atoms with van der Waals surface area (Å²) >= 11 is 0. The highest BCUT2D eigenvalue weighted by Crippen LogP contribution is 2.58. The average Bonchev–Trinajstić information content (AvgIpc) is 3.54. The zero-order chi connectivity index (χ0) is 21.6. The van der Waals surface area contributed by atoms with Crippen LogP contribution < -0.4 is 4.90 Å². The van der Waals surface area contributed by atoms with E-state index in [4.69, 9.17) is 0 Å². The van der Waals surface area contributed by atoms with Crippen molar-refractivity contribution in [2.24, 2.45) is 35.5 Å². The number of carbonyl (C=O) groups excluding carboxylic acids is 3. The number of nitrogens with zero attached hydrogens (tertiary/aromatic N) is 1. The van der Waals surface area contributed by atoms with E-state index in [9.17, 15) is 14.4 Å². The van der Waals surface area contributed by atoms with E-state index in [-0.39, 0.29) is 47.1 Å². The van der Waals surface area contributed by atoms with Gasteiger partial charge in [-0.15, -0.1) is 0 Å². The number of rotatable bonds is 2. The van der Waals surface area contributed by atoms with Crippen LogP contribution in [0, 0.1) is 35.5 Å². The van der Waals surface area contributed by atoms with Gasteiger partial charge >= 0.3 is 0 Å². The minimum Gasteiger partial charge on any atom is -0.353 e. The Kier molecular flexibility index (Phi) is 3.65. The van der Waals surface area contributed by atoms with E-state index in [0.717, 1.165) is 17.7 Å². The summed E-state index contributed by atoms with van der Waals surface area (Å²) in [5.74, 6) is -0.933. The van der Waals surface area contributed by atoms with Crippen LogP contribution in [0.4, 0.5) is 5.69 Å². The van der Waals surface area contributed by atoms with Crippen LogP contribution in [0.3, 0.4) is 0 Å². The van der Waals surface area contributed by atoms with Gasteiger partial charge in [0.05, 0.1) is 17.9 Å². The number of hydrogen-bond acceptors (Lipinski definition) is 4. The number of para-hydroxylation sites is 1. The van der Waals surface area contributed by atoms with Gasteiger partial charge in [-0.2, -0.15) is 0 Å². The van der Waals surface area contributed by atoms with Crippen molar-refractivity contribution in [3.63, 3.8) is 0 Å². The number of allylic oxidation sites excluding steroid dienone is 2. The maximum Gasteiger partial charge on any atom is 0.186 e. The van der Waals surface area contributed by atoms with Crippen molar-refractivity contribution in [1.29, 1.82) is 0 Å². The standard InChI is InChI=1S/C28H23NO3/c30-26(16-7-2-1-3-8-16)25-24-23(20-13-12-15-6-4-5-9-19(15)29(20)25)27(31)21-17-10-11-18(14-17)22(21)28(24)32/h1-13,17-18,20-25H,14H2/t17-,18-,20+,21+,22-,23+,24+,25+/m0/s1. The minimum atomic E-state index is -0.654. The molecule has 1 saturated heterocycles. The molecule has 0 radical (unpaired) electrons. The van der Waals surface area contributed by atoms with Crippen LogP contribution in [-0.2, 0) is 9.59 Å². The molecule has 7 rings (SSSR count). The Labute approximate surface area is 186 Å². The van der Waals surface area contributed by atoms with Crippen LogP contribution in [0.1, 0.15) is 22.3 Å². The van der Waals surface area contributed by atoms with Gasteiger partial charge in [-0.05, 0) is 29.9 Å². The Morgan fingerprint density at radius 3 is 2.16 bits per heavy atom. The smallest absolute Gasteiger partial charge is 0.186 e. The Bertz CT molecular complexity index is 1230. The van der Waals surface area contributed by atoms with Crippen molar-refractivity contribution in [3.8, 4) is 0 Å². The van der Waals surface area contributed by atoms with E-state index in [0.29, 0.717) is 5.56 Å². The van der Waals surface area contributed by atoms with Crippen LogP contribution >= 0.6 is 0 Å². The second-order valence-electron chi connectivity index (χ2n) is 9.85. The van der Waals surface area contributed by atoms with Gasteiger partial charge in [0.25, 0.3) is 0 Å². The molecule has 8 atom stereocenters. The van der Waals surface area contributed by atoms with Gasteiger partial charge < -0.3 is 4.90 Å². The molecule has 158 valence electrons. The maximum atomic E-state index is 14.0. The molecular weight excluding hydrogens is 398 g/mol. The zero-order valence-corrected chi connectivity index (χ0v) is 17.5. The summed E-state index contributed by atoms with van der Waals surface area (Å²) in [6.45, 7) is 0. The fourth-order valence-corrected chi connectivity index (χ4v) is 7.31. The summed E-state index contributed by atoms with van der Waals surface area (Å²) in [6.07, 6.45) is 9.27. The van der Waals surface area contributed by atoms with Crippen molar-refractivity contribution in [2.75, 3.05) is 4.90 Å². The van der Waals surface area contributed by atoms with Crippen molar-refractivity contribution < 1.29 is 14.4 Å².